The lowest BCUT2D eigenvalue weighted by Gasteiger charge is -2.30. The van der Waals surface area contributed by atoms with Gasteiger partial charge in [-0.1, -0.05) is 13.3 Å². The zero-order chi connectivity index (χ0) is 13.8. The van der Waals surface area contributed by atoms with Crippen molar-refractivity contribution in [3.63, 3.8) is 0 Å². The molecule has 1 aromatic carbocycles. The lowest BCUT2D eigenvalue weighted by atomic mass is 9.99. The molecule has 1 N–H and O–H groups in total. The zero-order valence-corrected chi connectivity index (χ0v) is 11.5. The molecule has 0 radical (unpaired) electrons. The van der Waals surface area contributed by atoms with E-state index in [0.29, 0.717) is 12.2 Å². The van der Waals surface area contributed by atoms with E-state index in [1.165, 1.54) is 12.1 Å². The number of anilines is 1. The minimum absolute atomic E-state index is 0.155. The minimum Gasteiger partial charge on any atom is -0.380 e. The number of benzene rings is 1. The monoisotopic (exact) mass is 269 g/mol. The zero-order valence-electron chi connectivity index (χ0n) is 11.5. The molecule has 2 atom stereocenters. The second-order valence-electron chi connectivity index (χ2n) is 5.23. The predicted molar refractivity (Wildman–Crippen MR) is 72.4 cm³/mol. The summed E-state index contributed by atoms with van der Waals surface area (Å²) in [5.74, 6) is -0.765. The van der Waals surface area contributed by atoms with Crippen LogP contribution in [0.4, 0.5) is 14.5 Å². The molecule has 1 heterocycles. The molecule has 1 aromatic rings. The SMILES string of the molecule is CCCC1CC(Nc2cc(F)c(C)cc2F)CCO1. The highest BCUT2D eigenvalue weighted by Gasteiger charge is 2.22. The van der Waals surface area contributed by atoms with E-state index in [-0.39, 0.29) is 23.7 Å². The smallest absolute Gasteiger partial charge is 0.146 e. The first-order valence-electron chi connectivity index (χ1n) is 6.94. The van der Waals surface area contributed by atoms with Gasteiger partial charge in [0, 0.05) is 18.7 Å². The van der Waals surface area contributed by atoms with E-state index in [1.54, 1.807) is 6.92 Å². The summed E-state index contributed by atoms with van der Waals surface area (Å²) in [6.07, 6.45) is 4.00. The number of hydrogen-bond donors (Lipinski definition) is 1. The Labute approximate surface area is 113 Å². The molecule has 0 spiro atoms. The average Bonchev–Trinajstić information content (AvgIpc) is 2.37. The Bertz CT molecular complexity index is 434. The van der Waals surface area contributed by atoms with Crippen LogP contribution < -0.4 is 5.32 Å². The molecular weight excluding hydrogens is 248 g/mol. The van der Waals surface area contributed by atoms with E-state index in [1.807, 2.05) is 0 Å². The van der Waals surface area contributed by atoms with Crippen molar-refractivity contribution in [2.45, 2.75) is 51.7 Å². The number of nitrogens with one attached hydrogen (secondary N) is 1. The van der Waals surface area contributed by atoms with Gasteiger partial charge in [0.15, 0.2) is 0 Å². The fraction of sp³-hybridized carbons (Fsp3) is 0.600. The summed E-state index contributed by atoms with van der Waals surface area (Å²) >= 11 is 0. The van der Waals surface area contributed by atoms with Crippen molar-refractivity contribution < 1.29 is 13.5 Å². The molecule has 1 saturated heterocycles. The molecule has 0 aliphatic carbocycles. The lowest BCUT2D eigenvalue weighted by Crippen LogP contribution is -2.34. The summed E-state index contributed by atoms with van der Waals surface area (Å²) in [5, 5.41) is 3.11. The van der Waals surface area contributed by atoms with Gasteiger partial charge in [-0.25, -0.2) is 8.78 Å². The van der Waals surface area contributed by atoms with Crippen LogP contribution in [-0.4, -0.2) is 18.8 Å². The second-order valence-corrected chi connectivity index (χ2v) is 5.23. The third-order valence-corrected chi connectivity index (χ3v) is 3.59. The van der Waals surface area contributed by atoms with Crippen LogP contribution in [0.15, 0.2) is 12.1 Å². The molecular formula is C15H21F2NO. The van der Waals surface area contributed by atoms with Crippen LogP contribution in [0, 0.1) is 18.6 Å². The molecule has 2 nitrogen and oxygen atoms in total. The standard InChI is InChI=1S/C15H21F2NO/c1-3-4-12-8-11(5-6-19-12)18-15-9-13(16)10(2)7-14(15)17/h7,9,11-12,18H,3-6,8H2,1-2H3. The maximum absolute atomic E-state index is 13.8. The third kappa shape index (κ3) is 3.66. The highest BCUT2D eigenvalue weighted by Crippen LogP contribution is 2.24. The Balaban J connectivity index is 2.02. The Morgan fingerprint density at radius 3 is 2.84 bits per heavy atom. The van der Waals surface area contributed by atoms with Gasteiger partial charge < -0.3 is 10.1 Å². The van der Waals surface area contributed by atoms with Crippen LogP contribution in [-0.2, 0) is 4.74 Å². The van der Waals surface area contributed by atoms with E-state index < -0.39 is 5.82 Å². The summed E-state index contributed by atoms with van der Waals surface area (Å²) in [5.41, 5.74) is 0.587. The Morgan fingerprint density at radius 2 is 2.11 bits per heavy atom. The van der Waals surface area contributed by atoms with Crippen LogP contribution in [0.1, 0.15) is 38.2 Å². The fourth-order valence-corrected chi connectivity index (χ4v) is 2.51. The van der Waals surface area contributed by atoms with Gasteiger partial charge in [0.1, 0.15) is 11.6 Å². The van der Waals surface area contributed by atoms with Gasteiger partial charge in [-0.05, 0) is 37.8 Å². The molecule has 1 aliphatic heterocycles. The second kappa shape index (κ2) is 6.33. The van der Waals surface area contributed by atoms with E-state index in [4.69, 9.17) is 4.74 Å². The minimum atomic E-state index is -0.391. The summed E-state index contributed by atoms with van der Waals surface area (Å²) in [7, 11) is 0. The lowest BCUT2D eigenvalue weighted by molar-refractivity contribution is 0.00593. The van der Waals surface area contributed by atoms with Crippen molar-refractivity contribution in [1.82, 2.24) is 0 Å². The van der Waals surface area contributed by atoms with Crippen molar-refractivity contribution >= 4 is 5.69 Å². The van der Waals surface area contributed by atoms with Crippen molar-refractivity contribution in [2.24, 2.45) is 0 Å². The van der Waals surface area contributed by atoms with Crippen LogP contribution in [0.25, 0.3) is 0 Å². The fourth-order valence-electron chi connectivity index (χ4n) is 2.51. The molecule has 0 aromatic heterocycles. The predicted octanol–water partition coefficient (Wildman–Crippen LogP) is 4.03. The third-order valence-electron chi connectivity index (χ3n) is 3.59. The van der Waals surface area contributed by atoms with Crippen molar-refractivity contribution in [1.29, 1.82) is 0 Å². The van der Waals surface area contributed by atoms with Crippen LogP contribution in [0.2, 0.25) is 0 Å². The van der Waals surface area contributed by atoms with Gasteiger partial charge in [-0.2, -0.15) is 0 Å². The normalized spacial score (nSPS) is 23.4. The van der Waals surface area contributed by atoms with Gasteiger partial charge in [0.05, 0.1) is 11.8 Å². The van der Waals surface area contributed by atoms with Crippen molar-refractivity contribution in [2.75, 3.05) is 11.9 Å². The Hall–Kier alpha value is -1.16. The number of aryl methyl sites for hydroxylation is 1. The maximum Gasteiger partial charge on any atom is 0.146 e. The molecule has 19 heavy (non-hydrogen) atoms. The first kappa shape index (κ1) is 14.3. The Morgan fingerprint density at radius 1 is 1.32 bits per heavy atom. The largest absolute Gasteiger partial charge is 0.380 e. The van der Waals surface area contributed by atoms with E-state index in [0.717, 1.165) is 25.7 Å². The molecule has 0 bridgehead atoms. The highest BCUT2D eigenvalue weighted by molar-refractivity contribution is 5.47. The number of rotatable bonds is 4. The molecule has 0 amide bonds. The van der Waals surface area contributed by atoms with Gasteiger partial charge in [-0.15, -0.1) is 0 Å². The summed E-state index contributed by atoms with van der Waals surface area (Å²) in [6, 6.07) is 2.64. The van der Waals surface area contributed by atoms with Gasteiger partial charge >= 0.3 is 0 Å². The molecule has 106 valence electrons. The summed E-state index contributed by atoms with van der Waals surface area (Å²) < 4.78 is 32.9. The first-order valence-corrected chi connectivity index (χ1v) is 6.94. The highest BCUT2D eigenvalue weighted by atomic mass is 19.1. The van der Waals surface area contributed by atoms with Crippen LogP contribution >= 0.6 is 0 Å². The molecule has 1 fully saturated rings. The Kier molecular flexibility index (Phi) is 4.75. The molecule has 0 saturated carbocycles. The van der Waals surface area contributed by atoms with Gasteiger partial charge in [0.2, 0.25) is 0 Å². The van der Waals surface area contributed by atoms with E-state index in [9.17, 15) is 8.78 Å². The molecule has 1 aliphatic rings. The molecule has 2 unspecified atom stereocenters. The van der Waals surface area contributed by atoms with Crippen molar-refractivity contribution in [3.8, 4) is 0 Å². The van der Waals surface area contributed by atoms with Crippen molar-refractivity contribution in [3.05, 3.63) is 29.3 Å². The van der Waals surface area contributed by atoms with Gasteiger partial charge in [-0.3, -0.25) is 0 Å². The number of ether oxygens (including phenoxy) is 1. The summed E-state index contributed by atoms with van der Waals surface area (Å²) in [6.45, 7) is 4.36. The topological polar surface area (TPSA) is 21.3 Å². The molecule has 4 heteroatoms. The first-order chi connectivity index (χ1) is 9.10. The molecule has 2 rings (SSSR count). The number of halogens is 2. The maximum atomic E-state index is 13.8. The van der Waals surface area contributed by atoms with Crippen LogP contribution in [0.5, 0.6) is 0 Å². The number of hydrogen-bond acceptors (Lipinski definition) is 2. The average molecular weight is 269 g/mol. The quantitative estimate of drug-likeness (QED) is 0.891. The van der Waals surface area contributed by atoms with E-state index >= 15 is 0 Å². The summed E-state index contributed by atoms with van der Waals surface area (Å²) in [4.78, 5) is 0. The van der Waals surface area contributed by atoms with Crippen LogP contribution in [0.3, 0.4) is 0 Å². The van der Waals surface area contributed by atoms with E-state index in [2.05, 4.69) is 12.2 Å². The van der Waals surface area contributed by atoms with Gasteiger partial charge in [0.25, 0.3) is 0 Å².